The third-order valence-electron chi connectivity index (χ3n) is 5.42. The minimum Gasteiger partial charge on any atom is -0.457 e. The van der Waals surface area contributed by atoms with E-state index in [2.05, 4.69) is 9.71 Å². The zero-order valence-corrected chi connectivity index (χ0v) is 19.7. The summed E-state index contributed by atoms with van der Waals surface area (Å²) in [4.78, 5) is 17.0. The van der Waals surface area contributed by atoms with Crippen molar-refractivity contribution < 1.29 is 17.9 Å². The van der Waals surface area contributed by atoms with Crippen LogP contribution in [0.4, 0.5) is 0 Å². The second-order valence-corrected chi connectivity index (χ2v) is 9.83. The lowest BCUT2D eigenvalue weighted by Crippen LogP contribution is -2.32. The quantitative estimate of drug-likeness (QED) is 0.303. The summed E-state index contributed by atoms with van der Waals surface area (Å²) in [5.41, 5.74) is 3.06. The first-order valence-electron chi connectivity index (χ1n) is 11.2. The second kappa shape index (κ2) is 10.5. The van der Waals surface area contributed by atoms with Gasteiger partial charge in [-0.1, -0.05) is 62.2 Å². The van der Waals surface area contributed by atoms with Crippen LogP contribution in [0.3, 0.4) is 0 Å². The van der Waals surface area contributed by atoms with Crippen LogP contribution in [0.1, 0.15) is 36.5 Å². The number of benzene rings is 3. The van der Waals surface area contributed by atoms with Crippen LogP contribution in [-0.2, 0) is 10.0 Å². The Morgan fingerprint density at radius 2 is 1.65 bits per heavy atom. The Morgan fingerprint density at radius 1 is 0.912 bits per heavy atom. The summed E-state index contributed by atoms with van der Waals surface area (Å²) in [6, 6.07) is 24.3. The van der Waals surface area contributed by atoms with Crippen molar-refractivity contribution in [3.63, 3.8) is 0 Å². The molecule has 0 bridgehead atoms. The number of hydrogen-bond donors (Lipinski definition) is 1. The molecule has 1 heterocycles. The Bertz CT molecular complexity index is 1390. The van der Waals surface area contributed by atoms with Gasteiger partial charge in [-0.25, -0.2) is 13.1 Å². The molecule has 0 spiro atoms. The molecule has 174 valence electrons. The number of nitrogens with one attached hydrogen (secondary N) is 1. The van der Waals surface area contributed by atoms with Crippen molar-refractivity contribution in [1.82, 2.24) is 9.71 Å². The summed E-state index contributed by atoms with van der Waals surface area (Å²) >= 11 is 0. The summed E-state index contributed by atoms with van der Waals surface area (Å²) in [5.74, 6) is 0.425. The highest BCUT2D eigenvalue weighted by Gasteiger charge is 2.17. The van der Waals surface area contributed by atoms with Gasteiger partial charge in [0, 0.05) is 17.1 Å². The van der Waals surface area contributed by atoms with Crippen molar-refractivity contribution >= 4 is 26.8 Å². The van der Waals surface area contributed by atoms with Crippen molar-refractivity contribution in [1.29, 1.82) is 0 Å². The largest absolute Gasteiger partial charge is 0.457 e. The zero-order chi connectivity index (χ0) is 24.0. The van der Waals surface area contributed by atoms with Crippen molar-refractivity contribution in [3.05, 3.63) is 90.6 Å². The van der Waals surface area contributed by atoms with E-state index in [1.807, 2.05) is 61.5 Å². The molecule has 0 saturated carbocycles. The van der Waals surface area contributed by atoms with Gasteiger partial charge in [0.15, 0.2) is 0 Å². The van der Waals surface area contributed by atoms with Crippen LogP contribution in [0.2, 0.25) is 0 Å². The molecule has 0 aliphatic rings. The van der Waals surface area contributed by atoms with Crippen LogP contribution >= 0.6 is 0 Å². The molecule has 1 aromatic heterocycles. The van der Waals surface area contributed by atoms with Gasteiger partial charge in [0.2, 0.25) is 10.0 Å². The first-order valence-corrected chi connectivity index (χ1v) is 12.9. The van der Waals surface area contributed by atoms with E-state index in [0.717, 1.165) is 24.0 Å². The normalized spacial score (nSPS) is 11.3. The van der Waals surface area contributed by atoms with Crippen LogP contribution in [0.15, 0.2) is 85.1 Å². The third-order valence-corrected chi connectivity index (χ3v) is 6.74. The Kier molecular flexibility index (Phi) is 7.23. The summed E-state index contributed by atoms with van der Waals surface area (Å²) < 4.78 is 32.7. The molecule has 1 N–H and O–H groups in total. The number of aromatic nitrogens is 1. The Balaban J connectivity index is 1.55. The highest BCUT2D eigenvalue weighted by molar-refractivity contribution is 7.90. The predicted octanol–water partition coefficient (Wildman–Crippen LogP) is 5.94. The van der Waals surface area contributed by atoms with Gasteiger partial charge in [0.25, 0.3) is 5.91 Å². The molecule has 7 heteroatoms. The molecule has 0 aliphatic carbocycles. The van der Waals surface area contributed by atoms with Crippen LogP contribution < -0.4 is 9.46 Å². The number of pyridine rings is 1. The lowest BCUT2D eigenvalue weighted by atomic mass is 10.1. The molecule has 3 aromatic carbocycles. The van der Waals surface area contributed by atoms with E-state index in [0.29, 0.717) is 28.8 Å². The Labute approximate surface area is 199 Å². The fraction of sp³-hybridized carbons (Fsp3) is 0.185. The number of fused-ring (bicyclic) bond motifs is 1. The standard InChI is InChI=1S/C27H26N2O4S/c1-2-3-7-18-34(31,32)29-27(30)22-12-15-25-24(19-22)26(16-17-28-25)33-23-13-10-21(11-14-23)20-8-5-4-6-9-20/h4-6,8-17,19H,2-3,7,18H2,1H3,(H,29,30). The van der Waals surface area contributed by atoms with Crippen molar-refractivity contribution in [2.75, 3.05) is 5.75 Å². The Hall–Kier alpha value is -3.71. The maximum Gasteiger partial charge on any atom is 0.264 e. The van der Waals surface area contributed by atoms with Crippen molar-refractivity contribution in [2.45, 2.75) is 26.2 Å². The smallest absolute Gasteiger partial charge is 0.264 e. The van der Waals surface area contributed by atoms with Crippen LogP contribution in [0.25, 0.3) is 22.0 Å². The number of ether oxygens (including phenoxy) is 1. The maximum atomic E-state index is 12.6. The fourth-order valence-electron chi connectivity index (χ4n) is 3.62. The van der Waals surface area contributed by atoms with E-state index in [9.17, 15) is 13.2 Å². The SMILES string of the molecule is CCCCCS(=O)(=O)NC(=O)c1ccc2nccc(Oc3ccc(-c4ccccc4)cc3)c2c1. The van der Waals surface area contributed by atoms with Gasteiger partial charge < -0.3 is 4.74 Å². The molecule has 6 nitrogen and oxygen atoms in total. The molecule has 0 radical (unpaired) electrons. The molecule has 4 aromatic rings. The zero-order valence-electron chi connectivity index (χ0n) is 18.9. The number of sulfonamides is 1. The van der Waals surface area contributed by atoms with Crippen LogP contribution in [0.5, 0.6) is 11.5 Å². The Morgan fingerprint density at radius 3 is 2.38 bits per heavy atom. The minimum atomic E-state index is -3.69. The molecule has 4 rings (SSSR count). The van der Waals surface area contributed by atoms with Gasteiger partial charge in [0.1, 0.15) is 11.5 Å². The molecule has 0 atom stereocenters. The summed E-state index contributed by atoms with van der Waals surface area (Å²) in [6.07, 6.45) is 3.85. The topological polar surface area (TPSA) is 85.4 Å². The van der Waals surface area contributed by atoms with E-state index >= 15 is 0 Å². The average molecular weight is 475 g/mol. The lowest BCUT2D eigenvalue weighted by Gasteiger charge is -2.11. The van der Waals surface area contributed by atoms with Gasteiger partial charge in [-0.2, -0.15) is 0 Å². The fourth-order valence-corrected chi connectivity index (χ4v) is 4.70. The lowest BCUT2D eigenvalue weighted by molar-refractivity contribution is 0.0981. The minimum absolute atomic E-state index is 0.0744. The predicted molar refractivity (Wildman–Crippen MR) is 134 cm³/mol. The molecular formula is C27H26N2O4S. The number of nitrogens with zero attached hydrogens (tertiary/aromatic N) is 1. The number of carbonyl (C=O) groups excluding carboxylic acids is 1. The van der Waals surface area contributed by atoms with Crippen molar-refractivity contribution in [3.8, 4) is 22.6 Å². The molecule has 0 saturated heterocycles. The van der Waals surface area contributed by atoms with E-state index in [-0.39, 0.29) is 11.3 Å². The van der Waals surface area contributed by atoms with Crippen LogP contribution in [-0.4, -0.2) is 25.1 Å². The highest BCUT2D eigenvalue weighted by Crippen LogP contribution is 2.31. The third kappa shape index (κ3) is 5.80. The molecular weight excluding hydrogens is 448 g/mol. The van der Waals surface area contributed by atoms with E-state index < -0.39 is 15.9 Å². The molecule has 0 aliphatic heterocycles. The van der Waals surface area contributed by atoms with Gasteiger partial charge in [-0.15, -0.1) is 0 Å². The highest BCUT2D eigenvalue weighted by atomic mass is 32.2. The van der Waals surface area contributed by atoms with E-state index in [1.165, 1.54) is 0 Å². The summed E-state index contributed by atoms with van der Waals surface area (Å²) in [7, 11) is -3.69. The molecule has 0 unspecified atom stereocenters. The van der Waals surface area contributed by atoms with E-state index in [4.69, 9.17) is 4.74 Å². The average Bonchev–Trinajstić information content (AvgIpc) is 2.85. The monoisotopic (exact) mass is 474 g/mol. The van der Waals surface area contributed by atoms with Crippen molar-refractivity contribution in [2.24, 2.45) is 0 Å². The number of hydrogen-bond acceptors (Lipinski definition) is 5. The van der Waals surface area contributed by atoms with E-state index in [1.54, 1.807) is 30.5 Å². The van der Waals surface area contributed by atoms with Gasteiger partial charge in [-0.3, -0.25) is 9.78 Å². The first kappa shape index (κ1) is 23.4. The number of carbonyl (C=O) groups is 1. The molecule has 1 amide bonds. The molecule has 34 heavy (non-hydrogen) atoms. The summed E-state index contributed by atoms with van der Waals surface area (Å²) in [6.45, 7) is 1.99. The molecule has 0 fully saturated rings. The van der Waals surface area contributed by atoms with Gasteiger partial charge >= 0.3 is 0 Å². The van der Waals surface area contributed by atoms with Gasteiger partial charge in [0.05, 0.1) is 11.3 Å². The number of unbranched alkanes of at least 4 members (excludes halogenated alkanes) is 2. The summed E-state index contributed by atoms with van der Waals surface area (Å²) in [5, 5.41) is 0.616. The van der Waals surface area contributed by atoms with Gasteiger partial charge in [-0.05, 0) is 53.9 Å². The maximum absolute atomic E-state index is 12.6. The number of rotatable bonds is 9. The first-order chi connectivity index (χ1) is 16.4. The second-order valence-electron chi connectivity index (χ2n) is 7.99. The number of amides is 1. The van der Waals surface area contributed by atoms with Crippen LogP contribution in [0, 0.1) is 0 Å².